The normalized spacial score (nSPS) is 20.1. The van der Waals surface area contributed by atoms with Crippen molar-refractivity contribution in [3.63, 3.8) is 0 Å². The summed E-state index contributed by atoms with van der Waals surface area (Å²) >= 11 is 0. The van der Waals surface area contributed by atoms with Crippen molar-refractivity contribution in [3.05, 3.63) is 36.0 Å². The molecule has 0 saturated carbocycles. The van der Waals surface area contributed by atoms with Crippen LogP contribution < -0.4 is 0 Å². The average molecular weight is 285 g/mol. The Morgan fingerprint density at radius 2 is 2.14 bits per heavy atom. The van der Waals surface area contributed by atoms with E-state index in [1.807, 2.05) is 23.2 Å². The highest BCUT2D eigenvalue weighted by atomic mass is 16.2. The van der Waals surface area contributed by atoms with Crippen LogP contribution in [0, 0.1) is 0 Å². The summed E-state index contributed by atoms with van der Waals surface area (Å²) in [6, 6.07) is 8.71. The van der Waals surface area contributed by atoms with Crippen LogP contribution in [0.2, 0.25) is 0 Å². The zero-order valence-electron chi connectivity index (χ0n) is 12.8. The van der Waals surface area contributed by atoms with Crippen LogP contribution in [-0.4, -0.2) is 53.4 Å². The number of hydrogen-bond donors (Lipinski definition) is 1. The third kappa shape index (κ3) is 2.95. The first-order valence-corrected chi connectivity index (χ1v) is 7.68. The second-order valence-electron chi connectivity index (χ2n) is 6.03. The number of hydrogen-bond acceptors (Lipinski definition) is 2. The molecule has 21 heavy (non-hydrogen) atoms. The molecule has 4 nitrogen and oxygen atoms in total. The second-order valence-corrected chi connectivity index (χ2v) is 6.03. The monoisotopic (exact) mass is 285 g/mol. The number of nitrogens with one attached hydrogen (secondary N) is 1. The maximum atomic E-state index is 12.4. The Labute approximate surface area is 125 Å². The number of para-hydroxylation sites is 1. The van der Waals surface area contributed by atoms with Crippen LogP contribution in [-0.2, 0) is 11.2 Å². The van der Waals surface area contributed by atoms with E-state index in [1.165, 1.54) is 10.9 Å². The lowest BCUT2D eigenvalue weighted by molar-refractivity contribution is -0.133. The van der Waals surface area contributed by atoms with Crippen LogP contribution in [0.15, 0.2) is 30.5 Å². The van der Waals surface area contributed by atoms with Crippen molar-refractivity contribution >= 4 is 16.8 Å². The standard InChI is InChI=1S/C17H23N3O/c1-13-12-20(10-9-19(13)2)17(21)8-7-14-11-18-16-6-4-3-5-15(14)16/h3-6,11,13,18H,7-10,12H2,1-2H3. The van der Waals surface area contributed by atoms with E-state index in [0.717, 1.165) is 31.6 Å². The lowest BCUT2D eigenvalue weighted by Crippen LogP contribution is -2.52. The van der Waals surface area contributed by atoms with Gasteiger partial charge in [-0.15, -0.1) is 0 Å². The van der Waals surface area contributed by atoms with Crippen LogP contribution >= 0.6 is 0 Å². The maximum absolute atomic E-state index is 12.4. The molecule has 1 aliphatic heterocycles. The molecule has 1 aromatic carbocycles. The van der Waals surface area contributed by atoms with E-state index in [2.05, 4.69) is 36.0 Å². The van der Waals surface area contributed by atoms with Crippen LogP contribution in [0.5, 0.6) is 0 Å². The lowest BCUT2D eigenvalue weighted by atomic mass is 10.1. The summed E-state index contributed by atoms with van der Waals surface area (Å²) in [4.78, 5) is 20.0. The number of amides is 1. The molecule has 3 rings (SSSR count). The first kappa shape index (κ1) is 14.1. The van der Waals surface area contributed by atoms with Crippen LogP contribution in [0.1, 0.15) is 18.9 Å². The largest absolute Gasteiger partial charge is 0.361 e. The highest BCUT2D eigenvalue weighted by molar-refractivity contribution is 5.84. The minimum absolute atomic E-state index is 0.278. The third-order valence-corrected chi connectivity index (χ3v) is 4.60. The second kappa shape index (κ2) is 5.90. The van der Waals surface area contributed by atoms with Gasteiger partial charge in [-0.2, -0.15) is 0 Å². The van der Waals surface area contributed by atoms with Gasteiger partial charge in [-0.25, -0.2) is 0 Å². The molecule has 1 atom stereocenters. The van der Waals surface area contributed by atoms with Crippen LogP contribution in [0.4, 0.5) is 0 Å². The summed E-state index contributed by atoms with van der Waals surface area (Å²) in [6.07, 6.45) is 3.44. The molecule has 2 heterocycles. The summed E-state index contributed by atoms with van der Waals surface area (Å²) in [7, 11) is 2.12. The number of aromatic nitrogens is 1. The van der Waals surface area contributed by atoms with E-state index >= 15 is 0 Å². The van der Waals surface area contributed by atoms with Gasteiger partial charge in [-0.3, -0.25) is 4.79 Å². The summed E-state index contributed by atoms with van der Waals surface area (Å²) in [6.45, 7) is 4.86. The molecular weight excluding hydrogens is 262 g/mol. The van der Waals surface area contributed by atoms with Crippen LogP contribution in [0.3, 0.4) is 0 Å². The van der Waals surface area contributed by atoms with Gasteiger partial charge < -0.3 is 14.8 Å². The highest BCUT2D eigenvalue weighted by Crippen LogP contribution is 2.19. The molecule has 1 aliphatic rings. The average Bonchev–Trinajstić information content (AvgIpc) is 2.91. The molecule has 1 fully saturated rings. The number of carbonyl (C=O) groups is 1. The molecule has 1 saturated heterocycles. The van der Waals surface area contributed by atoms with E-state index < -0.39 is 0 Å². The molecule has 0 radical (unpaired) electrons. The molecule has 1 aromatic heterocycles. The number of nitrogens with zero attached hydrogens (tertiary/aromatic N) is 2. The molecule has 1 unspecified atom stereocenters. The maximum Gasteiger partial charge on any atom is 0.222 e. The Kier molecular flexibility index (Phi) is 3.97. The number of likely N-dealkylation sites (N-methyl/N-ethyl adjacent to an activating group) is 1. The number of carbonyl (C=O) groups excluding carboxylic acids is 1. The van der Waals surface area contributed by atoms with Gasteiger partial charge in [0.25, 0.3) is 0 Å². The van der Waals surface area contributed by atoms with Gasteiger partial charge in [0.15, 0.2) is 0 Å². The Morgan fingerprint density at radius 1 is 1.33 bits per heavy atom. The van der Waals surface area contributed by atoms with Crippen molar-refractivity contribution in [2.24, 2.45) is 0 Å². The molecule has 0 aliphatic carbocycles. The molecule has 0 bridgehead atoms. The van der Waals surface area contributed by atoms with E-state index in [9.17, 15) is 4.79 Å². The van der Waals surface area contributed by atoms with Gasteiger partial charge in [-0.1, -0.05) is 18.2 Å². The first-order valence-electron chi connectivity index (χ1n) is 7.68. The smallest absolute Gasteiger partial charge is 0.222 e. The van der Waals surface area contributed by atoms with Crippen molar-refractivity contribution in [2.75, 3.05) is 26.7 Å². The molecular formula is C17H23N3O. The van der Waals surface area contributed by atoms with Gasteiger partial charge in [0, 0.05) is 49.2 Å². The van der Waals surface area contributed by atoms with Gasteiger partial charge in [-0.05, 0) is 32.0 Å². The fourth-order valence-electron chi connectivity index (χ4n) is 3.01. The van der Waals surface area contributed by atoms with Crippen molar-refractivity contribution in [1.82, 2.24) is 14.8 Å². The van der Waals surface area contributed by atoms with E-state index in [1.54, 1.807) is 0 Å². The van der Waals surface area contributed by atoms with Gasteiger partial charge in [0.05, 0.1) is 0 Å². The molecule has 1 amide bonds. The van der Waals surface area contributed by atoms with Crippen molar-refractivity contribution in [1.29, 1.82) is 0 Å². The zero-order chi connectivity index (χ0) is 14.8. The van der Waals surface area contributed by atoms with Gasteiger partial charge in [0.2, 0.25) is 5.91 Å². The number of rotatable bonds is 3. The van der Waals surface area contributed by atoms with E-state index in [0.29, 0.717) is 12.5 Å². The highest BCUT2D eigenvalue weighted by Gasteiger charge is 2.23. The minimum atomic E-state index is 0.278. The Balaban J connectivity index is 1.61. The summed E-state index contributed by atoms with van der Waals surface area (Å²) < 4.78 is 0. The third-order valence-electron chi connectivity index (χ3n) is 4.60. The van der Waals surface area contributed by atoms with Crippen molar-refractivity contribution < 1.29 is 4.79 Å². The predicted octanol–water partition coefficient (Wildman–Crippen LogP) is 2.26. The molecule has 112 valence electrons. The summed E-state index contributed by atoms with van der Waals surface area (Å²) in [5.74, 6) is 0.278. The predicted molar refractivity (Wildman–Crippen MR) is 85.3 cm³/mol. The van der Waals surface area contributed by atoms with Gasteiger partial charge in [0.1, 0.15) is 0 Å². The summed E-state index contributed by atoms with van der Waals surface area (Å²) in [5, 5.41) is 1.23. The van der Waals surface area contributed by atoms with Crippen molar-refractivity contribution in [3.8, 4) is 0 Å². The topological polar surface area (TPSA) is 39.3 Å². The molecule has 0 spiro atoms. The molecule has 4 heteroatoms. The summed E-state index contributed by atoms with van der Waals surface area (Å²) in [5.41, 5.74) is 2.38. The number of aromatic amines is 1. The van der Waals surface area contributed by atoms with Gasteiger partial charge >= 0.3 is 0 Å². The lowest BCUT2D eigenvalue weighted by Gasteiger charge is -2.37. The Hall–Kier alpha value is -1.81. The fourth-order valence-corrected chi connectivity index (χ4v) is 3.01. The minimum Gasteiger partial charge on any atom is -0.361 e. The van der Waals surface area contributed by atoms with E-state index in [-0.39, 0.29) is 5.91 Å². The number of benzene rings is 1. The number of piperazine rings is 1. The van der Waals surface area contributed by atoms with Crippen LogP contribution in [0.25, 0.3) is 10.9 Å². The van der Waals surface area contributed by atoms with Crippen molar-refractivity contribution in [2.45, 2.75) is 25.8 Å². The Bertz CT molecular complexity index is 634. The molecule has 2 aromatic rings. The number of fused-ring (bicyclic) bond motifs is 1. The van der Waals surface area contributed by atoms with E-state index in [4.69, 9.17) is 0 Å². The quantitative estimate of drug-likeness (QED) is 0.939. The molecule has 1 N–H and O–H groups in total. The fraction of sp³-hybridized carbons (Fsp3) is 0.471. The Morgan fingerprint density at radius 3 is 2.95 bits per heavy atom. The SMILES string of the molecule is CC1CN(C(=O)CCc2c[nH]c3ccccc23)CCN1C. The number of H-pyrrole nitrogens is 1. The zero-order valence-corrected chi connectivity index (χ0v) is 12.8. The number of aryl methyl sites for hydroxylation is 1. The first-order chi connectivity index (χ1) is 10.1.